The SMILES string of the molecule is CC(C)[Si](O)(O)CCc1ccc(CC(=O)N(C)CCc2c[nH]c3ccccc23)cc1. The van der Waals surface area contributed by atoms with Crippen molar-refractivity contribution in [3.63, 3.8) is 0 Å². The summed E-state index contributed by atoms with van der Waals surface area (Å²) < 4.78 is 0. The second kappa shape index (κ2) is 9.60. The summed E-state index contributed by atoms with van der Waals surface area (Å²) in [7, 11) is -1.28. The fourth-order valence-corrected chi connectivity index (χ4v) is 4.74. The van der Waals surface area contributed by atoms with E-state index in [0.29, 0.717) is 25.4 Å². The van der Waals surface area contributed by atoms with Crippen molar-refractivity contribution in [1.29, 1.82) is 0 Å². The Kier molecular flexibility index (Phi) is 7.13. The van der Waals surface area contributed by atoms with Gasteiger partial charge in [-0.15, -0.1) is 0 Å². The molecule has 1 aromatic heterocycles. The number of para-hydroxylation sites is 1. The van der Waals surface area contributed by atoms with E-state index in [9.17, 15) is 14.4 Å². The first-order valence-corrected chi connectivity index (χ1v) is 12.8. The lowest BCUT2D eigenvalue weighted by Crippen LogP contribution is -2.38. The van der Waals surface area contributed by atoms with Crippen molar-refractivity contribution < 1.29 is 14.4 Å². The van der Waals surface area contributed by atoms with Crippen LogP contribution in [-0.4, -0.2) is 47.5 Å². The molecule has 0 radical (unpaired) electrons. The molecule has 160 valence electrons. The van der Waals surface area contributed by atoms with E-state index >= 15 is 0 Å². The number of aromatic amines is 1. The highest BCUT2D eigenvalue weighted by molar-refractivity contribution is 6.66. The third kappa shape index (κ3) is 5.59. The van der Waals surface area contributed by atoms with Crippen molar-refractivity contribution in [2.45, 2.75) is 44.7 Å². The van der Waals surface area contributed by atoms with Gasteiger partial charge in [0, 0.05) is 30.7 Å². The van der Waals surface area contributed by atoms with Crippen molar-refractivity contribution in [3.8, 4) is 0 Å². The van der Waals surface area contributed by atoms with Gasteiger partial charge in [0.2, 0.25) is 5.91 Å². The van der Waals surface area contributed by atoms with Crippen LogP contribution in [0.15, 0.2) is 54.7 Å². The maximum Gasteiger partial charge on any atom is 0.335 e. The van der Waals surface area contributed by atoms with Crippen molar-refractivity contribution in [2.75, 3.05) is 13.6 Å². The van der Waals surface area contributed by atoms with Crippen molar-refractivity contribution in [2.24, 2.45) is 0 Å². The Morgan fingerprint density at radius 3 is 2.40 bits per heavy atom. The zero-order valence-electron chi connectivity index (χ0n) is 18.1. The van der Waals surface area contributed by atoms with Crippen LogP contribution in [0.3, 0.4) is 0 Å². The molecule has 0 saturated heterocycles. The van der Waals surface area contributed by atoms with Gasteiger partial charge in [0.05, 0.1) is 6.42 Å². The fraction of sp³-hybridized carbons (Fsp3) is 0.375. The van der Waals surface area contributed by atoms with Crippen LogP contribution >= 0.6 is 0 Å². The molecule has 0 aliphatic carbocycles. The molecule has 0 atom stereocenters. The number of amides is 1. The highest BCUT2D eigenvalue weighted by Crippen LogP contribution is 2.22. The zero-order valence-corrected chi connectivity index (χ0v) is 19.1. The van der Waals surface area contributed by atoms with Gasteiger partial charge in [-0.25, -0.2) is 0 Å². The number of nitrogens with one attached hydrogen (secondary N) is 1. The summed E-state index contributed by atoms with van der Waals surface area (Å²) in [6, 6.07) is 16.5. The number of benzene rings is 2. The third-order valence-corrected chi connectivity index (χ3v) is 8.74. The van der Waals surface area contributed by atoms with Gasteiger partial charge >= 0.3 is 8.56 Å². The number of hydrogen-bond acceptors (Lipinski definition) is 3. The second-order valence-corrected chi connectivity index (χ2v) is 11.9. The highest BCUT2D eigenvalue weighted by Gasteiger charge is 2.32. The van der Waals surface area contributed by atoms with Gasteiger partial charge in [0.25, 0.3) is 0 Å². The van der Waals surface area contributed by atoms with E-state index in [4.69, 9.17) is 0 Å². The Hall–Kier alpha value is -2.41. The van der Waals surface area contributed by atoms with Gasteiger partial charge in [-0.2, -0.15) is 0 Å². The Labute approximate surface area is 179 Å². The molecular formula is C24H32N2O3Si. The lowest BCUT2D eigenvalue weighted by molar-refractivity contribution is -0.129. The van der Waals surface area contributed by atoms with E-state index in [2.05, 4.69) is 17.1 Å². The minimum Gasteiger partial charge on any atom is -0.410 e. The Bertz CT molecular complexity index is 980. The summed E-state index contributed by atoms with van der Waals surface area (Å²) in [5, 5.41) is 1.21. The van der Waals surface area contributed by atoms with E-state index in [-0.39, 0.29) is 11.4 Å². The molecule has 1 heterocycles. The number of rotatable bonds is 9. The average molecular weight is 425 g/mol. The smallest absolute Gasteiger partial charge is 0.335 e. The first-order valence-electron chi connectivity index (χ1n) is 10.6. The first kappa shape index (κ1) is 22.3. The van der Waals surface area contributed by atoms with E-state index in [1.54, 1.807) is 4.90 Å². The lowest BCUT2D eigenvalue weighted by atomic mass is 10.1. The lowest BCUT2D eigenvalue weighted by Gasteiger charge is -2.21. The largest absolute Gasteiger partial charge is 0.410 e. The summed E-state index contributed by atoms with van der Waals surface area (Å²) in [5.74, 6) is 0.0968. The number of likely N-dealkylation sites (N-methyl/N-ethyl adjacent to an activating group) is 1. The summed E-state index contributed by atoms with van der Waals surface area (Å²) in [6.07, 6.45) is 3.86. The number of hydrogen-bond donors (Lipinski definition) is 3. The normalized spacial score (nSPS) is 11.9. The molecule has 0 spiro atoms. The topological polar surface area (TPSA) is 76.6 Å². The molecule has 0 aliphatic rings. The number of fused-ring (bicyclic) bond motifs is 1. The quantitative estimate of drug-likeness (QED) is 0.458. The molecular weight excluding hydrogens is 392 g/mol. The summed E-state index contributed by atoms with van der Waals surface area (Å²) >= 11 is 0. The Morgan fingerprint density at radius 1 is 1.03 bits per heavy atom. The maximum atomic E-state index is 12.6. The zero-order chi connectivity index (χ0) is 21.7. The van der Waals surface area contributed by atoms with E-state index in [1.165, 1.54) is 10.9 Å². The van der Waals surface area contributed by atoms with Crippen LogP contribution in [0.25, 0.3) is 10.9 Å². The molecule has 1 amide bonds. The molecule has 0 bridgehead atoms. The van der Waals surface area contributed by atoms with Gasteiger partial charge < -0.3 is 19.5 Å². The van der Waals surface area contributed by atoms with Crippen LogP contribution in [0.4, 0.5) is 0 Å². The van der Waals surface area contributed by atoms with Crippen LogP contribution < -0.4 is 0 Å². The molecule has 3 rings (SSSR count). The number of nitrogens with zero attached hydrogens (tertiary/aromatic N) is 1. The van der Waals surface area contributed by atoms with Crippen LogP contribution in [-0.2, 0) is 24.1 Å². The van der Waals surface area contributed by atoms with Crippen molar-refractivity contribution in [1.82, 2.24) is 9.88 Å². The molecule has 5 nitrogen and oxygen atoms in total. The van der Waals surface area contributed by atoms with E-state index in [0.717, 1.165) is 23.1 Å². The predicted molar refractivity (Wildman–Crippen MR) is 124 cm³/mol. The second-order valence-electron chi connectivity index (χ2n) is 8.45. The fourth-order valence-electron chi connectivity index (χ4n) is 3.50. The van der Waals surface area contributed by atoms with Crippen molar-refractivity contribution in [3.05, 3.63) is 71.4 Å². The molecule has 0 aliphatic heterocycles. The molecule has 2 aromatic carbocycles. The first-order chi connectivity index (χ1) is 14.3. The summed E-state index contributed by atoms with van der Waals surface area (Å²) in [6.45, 7) is 4.39. The van der Waals surface area contributed by atoms with Gasteiger partial charge in [-0.3, -0.25) is 4.79 Å². The molecule has 6 heteroatoms. The van der Waals surface area contributed by atoms with E-state index < -0.39 is 8.56 Å². The van der Waals surface area contributed by atoms with Gasteiger partial charge in [0.15, 0.2) is 0 Å². The standard InChI is InChI=1S/C24H32N2O3Si/c1-18(2)30(28,29)15-13-19-8-10-20(11-9-19)16-24(27)26(3)14-12-21-17-25-23-7-5-4-6-22(21)23/h4-11,17-18,25,28-29H,12-16H2,1-3H3. The van der Waals surface area contributed by atoms with Crippen LogP contribution in [0.5, 0.6) is 0 Å². The minimum absolute atomic E-state index is 0.0748. The highest BCUT2D eigenvalue weighted by atomic mass is 28.4. The number of aryl methyl sites for hydroxylation is 1. The molecule has 30 heavy (non-hydrogen) atoms. The van der Waals surface area contributed by atoms with Crippen LogP contribution in [0.2, 0.25) is 11.6 Å². The monoisotopic (exact) mass is 424 g/mol. The number of carbonyl (C=O) groups excluding carboxylic acids is 1. The Morgan fingerprint density at radius 2 is 1.70 bits per heavy atom. The van der Waals surface area contributed by atoms with Gasteiger partial charge in [-0.05, 0) is 47.2 Å². The number of aromatic nitrogens is 1. The average Bonchev–Trinajstić information content (AvgIpc) is 3.14. The third-order valence-electron chi connectivity index (χ3n) is 5.90. The van der Waals surface area contributed by atoms with Gasteiger partial charge in [0.1, 0.15) is 0 Å². The predicted octanol–water partition coefficient (Wildman–Crippen LogP) is 3.79. The summed E-state index contributed by atoms with van der Waals surface area (Å²) in [5.41, 5.74) is 4.32. The molecule has 0 saturated carbocycles. The van der Waals surface area contributed by atoms with Crippen LogP contribution in [0, 0.1) is 0 Å². The molecule has 0 unspecified atom stereocenters. The summed E-state index contributed by atoms with van der Waals surface area (Å²) in [4.78, 5) is 37.9. The maximum absolute atomic E-state index is 12.6. The van der Waals surface area contributed by atoms with Crippen molar-refractivity contribution >= 4 is 25.4 Å². The molecule has 3 N–H and O–H groups in total. The van der Waals surface area contributed by atoms with Crippen LogP contribution in [0.1, 0.15) is 30.5 Å². The number of H-pyrrole nitrogens is 1. The minimum atomic E-state index is -3.13. The molecule has 0 fully saturated rings. The molecule has 3 aromatic rings. The Balaban J connectivity index is 1.50. The van der Waals surface area contributed by atoms with E-state index in [1.807, 2.05) is 63.5 Å². The number of carbonyl (C=O) groups is 1. The van der Waals surface area contributed by atoms with Gasteiger partial charge in [-0.1, -0.05) is 56.3 Å².